The number of esters is 1. The first-order valence-corrected chi connectivity index (χ1v) is 23.9. The van der Waals surface area contributed by atoms with Crippen LogP contribution in [0.1, 0.15) is 200 Å². The molecule has 328 valence electrons. The van der Waals surface area contributed by atoms with Gasteiger partial charge in [-0.15, -0.1) is 0 Å². The topological polar surface area (TPSA) is 192 Å². The minimum Gasteiger partial charge on any atom is -0.457 e. The van der Waals surface area contributed by atoms with Gasteiger partial charge in [-0.2, -0.15) is 0 Å². The van der Waals surface area contributed by atoms with Crippen molar-refractivity contribution in [3.8, 4) is 0 Å². The van der Waals surface area contributed by atoms with E-state index in [9.17, 15) is 39.8 Å². The molecule has 0 radical (unpaired) electrons. The normalized spacial score (nSPS) is 23.1. The fraction of sp³-hybridized carbons (Fsp3) is 0.976. The molecule has 6 atom stereocenters. The number of hydrogen-bond acceptors (Lipinski definition) is 11. The molecule has 0 spiro atoms. The number of phosphoric acid groups is 1. The highest BCUT2D eigenvalue weighted by Crippen LogP contribution is 2.47. The predicted molar refractivity (Wildman–Crippen MR) is 217 cm³/mol. The molecule has 0 saturated heterocycles. The Kier molecular flexibility index (Phi) is 32.6. The number of aliphatic hydroxyl groups excluding tert-OH is 5. The summed E-state index contributed by atoms with van der Waals surface area (Å²) in [6, 6.07) is 0. The average Bonchev–Trinajstić information content (AvgIpc) is 3.17. The van der Waals surface area contributed by atoms with Gasteiger partial charge in [0, 0.05) is 13.0 Å². The number of phosphoric ester groups is 1. The van der Waals surface area contributed by atoms with Crippen molar-refractivity contribution < 1.29 is 58.3 Å². The molecule has 0 bridgehead atoms. The Morgan fingerprint density at radius 1 is 0.509 bits per heavy atom. The van der Waals surface area contributed by atoms with Gasteiger partial charge in [-0.3, -0.25) is 13.8 Å². The fourth-order valence-corrected chi connectivity index (χ4v) is 8.09. The van der Waals surface area contributed by atoms with Gasteiger partial charge in [0.25, 0.3) is 0 Å². The summed E-state index contributed by atoms with van der Waals surface area (Å²) >= 11 is 0. The van der Waals surface area contributed by atoms with E-state index in [-0.39, 0.29) is 13.0 Å². The average molecular weight is 811 g/mol. The highest BCUT2D eigenvalue weighted by atomic mass is 31.2. The molecule has 0 aliphatic heterocycles. The molecule has 1 aliphatic carbocycles. The van der Waals surface area contributed by atoms with Crippen molar-refractivity contribution in [2.45, 2.75) is 243 Å². The summed E-state index contributed by atoms with van der Waals surface area (Å²) in [5, 5.41) is 50.1. The van der Waals surface area contributed by atoms with Gasteiger partial charge < -0.3 is 39.9 Å². The second-order valence-electron chi connectivity index (χ2n) is 15.9. The van der Waals surface area contributed by atoms with Crippen molar-refractivity contribution in [3.05, 3.63) is 0 Å². The lowest BCUT2D eigenvalue weighted by molar-refractivity contribution is -0.220. The van der Waals surface area contributed by atoms with Crippen LogP contribution in [0.15, 0.2) is 0 Å². The first-order chi connectivity index (χ1) is 26.5. The molecule has 0 amide bonds. The van der Waals surface area contributed by atoms with Crippen molar-refractivity contribution in [2.75, 3.05) is 19.8 Å². The molecule has 0 heterocycles. The third-order valence-corrected chi connectivity index (χ3v) is 11.7. The molecule has 1 rings (SSSR count). The van der Waals surface area contributed by atoms with Gasteiger partial charge in [0.1, 0.15) is 42.7 Å². The Bertz CT molecular complexity index is 926. The summed E-state index contributed by atoms with van der Waals surface area (Å²) in [5.74, 6) is -0.473. The number of rotatable bonds is 38. The molecular weight excluding hydrogens is 727 g/mol. The summed E-state index contributed by atoms with van der Waals surface area (Å²) in [6.45, 7) is 4.28. The second kappa shape index (κ2) is 34.2. The monoisotopic (exact) mass is 811 g/mol. The quantitative estimate of drug-likeness (QED) is 0.0198. The van der Waals surface area contributed by atoms with Crippen LogP contribution in [0.3, 0.4) is 0 Å². The van der Waals surface area contributed by atoms with E-state index in [0.717, 1.165) is 38.5 Å². The minimum atomic E-state index is -5.00. The lowest BCUT2D eigenvalue weighted by Crippen LogP contribution is -2.64. The molecule has 0 aromatic carbocycles. The molecule has 6 N–H and O–H groups in total. The molecule has 12 nitrogen and oxygen atoms in total. The number of ether oxygens (including phenoxy) is 2. The summed E-state index contributed by atoms with van der Waals surface area (Å²) in [4.78, 5) is 23.1. The third-order valence-electron chi connectivity index (χ3n) is 10.7. The van der Waals surface area contributed by atoms with Crippen LogP contribution in [0.2, 0.25) is 0 Å². The molecule has 1 aliphatic rings. The number of carbonyl (C=O) groups is 1. The van der Waals surface area contributed by atoms with Gasteiger partial charge in [-0.25, -0.2) is 4.57 Å². The number of carbonyl (C=O) groups excluding carboxylic acids is 1. The number of aliphatic hydroxyl groups is 5. The van der Waals surface area contributed by atoms with Crippen LogP contribution in [0.4, 0.5) is 0 Å². The van der Waals surface area contributed by atoms with Crippen molar-refractivity contribution >= 4 is 13.8 Å². The Balaban J connectivity index is 2.39. The van der Waals surface area contributed by atoms with Crippen LogP contribution in [-0.4, -0.2) is 98.9 Å². The third kappa shape index (κ3) is 26.9. The highest BCUT2D eigenvalue weighted by molar-refractivity contribution is 7.47. The van der Waals surface area contributed by atoms with E-state index in [0.29, 0.717) is 13.0 Å². The van der Waals surface area contributed by atoms with E-state index < -0.39 is 63.1 Å². The molecular formula is C42H83O12P. The summed E-state index contributed by atoms with van der Waals surface area (Å²) in [7, 11) is -5.00. The predicted octanol–water partition coefficient (Wildman–Crippen LogP) is 8.59. The van der Waals surface area contributed by atoms with E-state index in [1.165, 1.54) is 135 Å². The zero-order chi connectivity index (χ0) is 40.6. The van der Waals surface area contributed by atoms with Crippen LogP contribution < -0.4 is 0 Å². The minimum absolute atomic E-state index is 0.0682. The summed E-state index contributed by atoms with van der Waals surface area (Å²) in [6.07, 6.45) is 21.7. The Hall–Kier alpha value is -0.660. The lowest BCUT2D eigenvalue weighted by atomic mass is 9.85. The molecule has 6 unspecified atom stereocenters. The summed E-state index contributed by atoms with van der Waals surface area (Å²) < 4.78 is 34.1. The van der Waals surface area contributed by atoms with Crippen LogP contribution in [0.25, 0.3) is 0 Å². The first kappa shape index (κ1) is 52.4. The largest absolute Gasteiger partial charge is 0.472 e. The van der Waals surface area contributed by atoms with Crippen molar-refractivity contribution in [1.29, 1.82) is 0 Å². The van der Waals surface area contributed by atoms with Gasteiger partial charge >= 0.3 is 13.8 Å². The highest BCUT2D eigenvalue weighted by Gasteiger charge is 2.51. The van der Waals surface area contributed by atoms with Crippen LogP contribution >= 0.6 is 7.82 Å². The Labute approximate surface area is 334 Å². The number of hydrogen-bond donors (Lipinski definition) is 6. The van der Waals surface area contributed by atoms with E-state index in [4.69, 9.17) is 18.5 Å². The molecule has 55 heavy (non-hydrogen) atoms. The second-order valence-corrected chi connectivity index (χ2v) is 17.3. The maximum atomic E-state index is 12.8. The lowest BCUT2D eigenvalue weighted by Gasteiger charge is -2.41. The zero-order valence-corrected chi connectivity index (χ0v) is 35.6. The molecule has 0 aromatic rings. The Morgan fingerprint density at radius 3 is 1.25 bits per heavy atom. The van der Waals surface area contributed by atoms with Crippen LogP contribution in [-0.2, 0) is 27.9 Å². The SMILES string of the molecule is CCCCCCCCCCCCCCCCCCOCC(COP(=O)(O)OC1C(O)C(O)C(O)C(O)C1O)OC(=O)CCCCCCCCCCCCCC. The van der Waals surface area contributed by atoms with Gasteiger partial charge in [-0.1, -0.05) is 181 Å². The van der Waals surface area contributed by atoms with E-state index >= 15 is 0 Å². The zero-order valence-electron chi connectivity index (χ0n) is 34.7. The molecule has 1 fully saturated rings. The van der Waals surface area contributed by atoms with Crippen LogP contribution in [0.5, 0.6) is 0 Å². The number of unbranched alkanes of at least 4 members (excludes halogenated alkanes) is 26. The van der Waals surface area contributed by atoms with Gasteiger partial charge in [0.2, 0.25) is 0 Å². The van der Waals surface area contributed by atoms with E-state index in [1.807, 2.05) is 0 Å². The molecule has 1 saturated carbocycles. The standard InChI is InChI=1S/C42H83O12P/c1-3-5-7-9-11-13-15-17-18-19-20-22-24-26-28-30-32-51-33-35(53-36(43)31-29-27-25-23-21-16-14-12-10-8-6-4-2)34-52-55(49,50)54-42-40(47)38(45)37(44)39(46)41(42)48/h35,37-42,44-48H,3-34H2,1-2H3,(H,49,50). The van der Waals surface area contributed by atoms with Crippen molar-refractivity contribution in [3.63, 3.8) is 0 Å². The maximum absolute atomic E-state index is 12.8. The Morgan fingerprint density at radius 2 is 0.855 bits per heavy atom. The van der Waals surface area contributed by atoms with Gasteiger partial charge in [-0.05, 0) is 12.8 Å². The van der Waals surface area contributed by atoms with E-state index in [2.05, 4.69) is 13.8 Å². The first-order valence-electron chi connectivity index (χ1n) is 22.4. The molecule has 0 aromatic heterocycles. The van der Waals surface area contributed by atoms with Crippen molar-refractivity contribution in [2.24, 2.45) is 0 Å². The van der Waals surface area contributed by atoms with Gasteiger partial charge in [0.05, 0.1) is 13.2 Å². The van der Waals surface area contributed by atoms with Crippen LogP contribution in [0, 0.1) is 0 Å². The molecule has 13 heteroatoms. The smallest absolute Gasteiger partial charge is 0.457 e. The maximum Gasteiger partial charge on any atom is 0.472 e. The summed E-state index contributed by atoms with van der Waals surface area (Å²) in [5.41, 5.74) is 0. The van der Waals surface area contributed by atoms with Gasteiger partial charge in [0.15, 0.2) is 0 Å². The van der Waals surface area contributed by atoms with E-state index in [1.54, 1.807) is 0 Å². The van der Waals surface area contributed by atoms with Crippen molar-refractivity contribution in [1.82, 2.24) is 0 Å². The fourth-order valence-electron chi connectivity index (χ4n) is 7.12.